The molecule has 0 bridgehead atoms. The Kier molecular flexibility index (Phi) is 3.72. The first kappa shape index (κ1) is 12.0. The molecule has 0 radical (unpaired) electrons. The molecule has 3 unspecified atom stereocenters. The highest BCUT2D eigenvalue weighted by atomic mass is 15.2. The van der Waals surface area contributed by atoms with Crippen LogP contribution in [0.5, 0.6) is 0 Å². The van der Waals surface area contributed by atoms with Gasteiger partial charge in [-0.05, 0) is 57.0 Å². The molecule has 98 valence electrons. The maximum absolute atomic E-state index is 3.87. The molecule has 3 rings (SSSR count). The van der Waals surface area contributed by atoms with Crippen LogP contribution in [-0.4, -0.2) is 36.6 Å². The Morgan fingerprint density at radius 3 is 2.65 bits per heavy atom. The third kappa shape index (κ3) is 3.03. The average molecular weight is 236 g/mol. The zero-order valence-corrected chi connectivity index (χ0v) is 11.3. The van der Waals surface area contributed by atoms with Gasteiger partial charge in [0.25, 0.3) is 0 Å². The van der Waals surface area contributed by atoms with Crippen molar-refractivity contribution in [2.24, 2.45) is 11.8 Å². The van der Waals surface area contributed by atoms with Crippen LogP contribution < -0.4 is 5.32 Å². The van der Waals surface area contributed by atoms with Gasteiger partial charge in [0.05, 0.1) is 0 Å². The molecule has 3 fully saturated rings. The standard InChI is InChI=1S/C15H28N2/c1-12-4-2-3-5-15(12)16-10-13-8-9-17(11-13)14-6-7-14/h12-16H,2-11H2,1H3. The van der Waals surface area contributed by atoms with Crippen LogP contribution >= 0.6 is 0 Å². The van der Waals surface area contributed by atoms with Gasteiger partial charge in [0.15, 0.2) is 0 Å². The molecular formula is C15H28N2. The van der Waals surface area contributed by atoms with Crippen LogP contribution in [0.2, 0.25) is 0 Å². The number of rotatable bonds is 4. The third-order valence-electron chi connectivity index (χ3n) is 5.16. The van der Waals surface area contributed by atoms with Crippen LogP contribution in [-0.2, 0) is 0 Å². The zero-order chi connectivity index (χ0) is 11.7. The van der Waals surface area contributed by atoms with E-state index in [4.69, 9.17) is 0 Å². The lowest BCUT2D eigenvalue weighted by Crippen LogP contribution is -2.40. The minimum atomic E-state index is 0.818. The van der Waals surface area contributed by atoms with Gasteiger partial charge in [-0.2, -0.15) is 0 Å². The lowest BCUT2D eigenvalue weighted by atomic mass is 9.85. The fourth-order valence-electron chi connectivity index (χ4n) is 3.74. The predicted molar refractivity (Wildman–Crippen MR) is 72.1 cm³/mol. The predicted octanol–water partition coefficient (Wildman–Crippen LogP) is 2.64. The Balaban J connectivity index is 1.39. The molecule has 2 heteroatoms. The molecule has 1 saturated heterocycles. The first-order chi connectivity index (χ1) is 8.33. The van der Waals surface area contributed by atoms with E-state index in [1.807, 2.05) is 0 Å². The molecule has 0 aromatic carbocycles. The van der Waals surface area contributed by atoms with Crippen molar-refractivity contribution in [3.05, 3.63) is 0 Å². The van der Waals surface area contributed by atoms with E-state index < -0.39 is 0 Å². The van der Waals surface area contributed by atoms with E-state index in [0.29, 0.717) is 0 Å². The summed E-state index contributed by atoms with van der Waals surface area (Å²) in [6.45, 7) is 6.45. The van der Waals surface area contributed by atoms with Crippen molar-refractivity contribution in [1.29, 1.82) is 0 Å². The van der Waals surface area contributed by atoms with Gasteiger partial charge in [0.1, 0.15) is 0 Å². The molecule has 1 aliphatic heterocycles. The molecule has 17 heavy (non-hydrogen) atoms. The molecule has 0 spiro atoms. The Bertz CT molecular complexity index is 249. The van der Waals surface area contributed by atoms with E-state index in [1.54, 1.807) is 0 Å². The van der Waals surface area contributed by atoms with Crippen molar-refractivity contribution in [2.75, 3.05) is 19.6 Å². The quantitative estimate of drug-likeness (QED) is 0.807. The maximum atomic E-state index is 3.87. The van der Waals surface area contributed by atoms with E-state index in [9.17, 15) is 0 Å². The number of likely N-dealkylation sites (tertiary alicyclic amines) is 1. The number of nitrogens with zero attached hydrogens (tertiary/aromatic N) is 1. The van der Waals surface area contributed by atoms with Crippen molar-refractivity contribution < 1.29 is 0 Å². The smallest absolute Gasteiger partial charge is 0.00965 e. The van der Waals surface area contributed by atoms with Crippen LogP contribution in [0.25, 0.3) is 0 Å². The SMILES string of the molecule is CC1CCCCC1NCC1CCN(C2CC2)C1. The van der Waals surface area contributed by atoms with Crippen LogP contribution in [0.1, 0.15) is 51.9 Å². The zero-order valence-electron chi connectivity index (χ0n) is 11.3. The molecule has 0 aromatic heterocycles. The maximum Gasteiger partial charge on any atom is 0.00965 e. The Hall–Kier alpha value is -0.0800. The van der Waals surface area contributed by atoms with Crippen LogP contribution in [0.4, 0.5) is 0 Å². The van der Waals surface area contributed by atoms with Gasteiger partial charge in [0, 0.05) is 18.6 Å². The van der Waals surface area contributed by atoms with E-state index in [2.05, 4.69) is 17.1 Å². The summed E-state index contributed by atoms with van der Waals surface area (Å²) in [6, 6.07) is 1.80. The third-order valence-corrected chi connectivity index (χ3v) is 5.16. The summed E-state index contributed by atoms with van der Waals surface area (Å²) in [7, 11) is 0. The monoisotopic (exact) mass is 236 g/mol. The highest BCUT2D eigenvalue weighted by Crippen LogP contribution is 2.31. The second-order valence-corrected chi connectivity index (χ2v) is 6.66. The molecule has 2 nitrogen and oxygen atoms in total. The van der Waals surface area contributed by atoms with Gasteiger partial charge >= 0.3 is 0 Å². The highest BCUT2D eigenvalue weighted by molar-refractivity contribution is 4.90. The Morgan fingerprint density at radius 2 is 1.88 bits per heavy atom. The van der Waals surface area contributed by atoms with Crippen molar-refractivity contribution in [1.82, 2.24) is 10.2 Å². The minimum Gasteiger partial charge on any atom is -0.313 e. The Morgan fingerprint density at radius 1 is 1.06 bits per heavy atom. The second-order valence-electron chi connectivity index (χ2n) is 6.66. The summed E-state index contributed by atoms with van der Waals surface area (Å²) in [5.41, 5.74) is 0. The summed E-state index contributed by atoms with van der Waals surface area (Å²) in [4.78, 5) is 2.73. The lowest BCUT2D eigenvalue weighted by Gasteiger charge is -2.30. The molecule has 1 N–H and O–H groups in total. The van der Waals surface area contributed by atoms with Gasteiger partial charge in [-0.3, -0.25) is 0 Å². The summed E-state index contributed by atoms with van der Waals surface area (Å²) in [5.74, 6) is 1.84. The van der Waals surface area contributed by atoms with Crippen molar-refractivity contribution >= 4 is 0 Å². The van der Waals surface area contributed by atoms with Crippen molar-refractivity contribution in [3.8, 4) is 0 Å². The van der Waals surface area contributed by atoms with E-state index in [-0.39, 0.29) is 0 Å². The topological polar surface area (TPSA) is 15.3 Å². The van der Waals surface area contributed by atoms with Crippen LogP contribution in [0.15, 0.2) is 0 Å². The molecule has 2 aliphatic carbocycles. The summed E-state index contributed by atoms with van der Waals surface area (Å²) < 4.78 is 0. The van der Waals surface area contributed by atoms with Gasteiger partial charge < -0.3 is 10.2 Å². The van der Waals surface area contributed by atoms with Crippen LogP contribution in [0.3, 0.4) is 0 Å². The first-order valence-electron chi connectivity index (χ1n) is 7.80. The first-order valence-corrected chi connectivity index (χ1v) is 7.80. The summed E-state index contributed by atoms with van der Waals surface area (Å²) in [5, 5.41) is 3.87. The van der Waals surface area contributed by atoms with Crippen LogP contribution in [0, 0.1) is 11.8 Å². The Labute approximate surface area is 106 Å². The van der Waals surface area contributed by atoms with Gasteiger partial charge in [0.2, 0.25) is 0 Å². The van der Waals surface area contributed by atoms with E-state index in [0.717, 1.165) is 23.9 Å². The minimum absolute atomic E-state index is 0.818. The number of hydrogen-bond donors (Lipinski definition) is 1. The average Bonchev–Trinajstić information content (AvgIpc) is 3.08. The molecule has 0 amide bonds. The van der Waals surface area contributed by atoms with E-state index in [1.165, 1.54) is 64.6 Å². The molecule has 2 saturated carbocycles. The molecule has 3 aliphatic rings. The van der Waals surface area contributed by atoms with Crippen molar-refractivity contribution in [3.63, 3.8) is 0 Å². The molecule has 1 heterocycles. The number of nitrogens with one attached hydrogen (secondary N) is 1. The second kappa shape index (κ2) is 5.27. The van der Waals surface area contributed by atoms with E-state index >= 15 is 0 Å². The molecular weight excluding hydrogens is 208 g/mol. The fraction of sp³-hybridized carbons (Fsp3) is 1.00. The summed E-state index contributed by atoms with van der Waals surface area (Å²) in [6.07, 6.45) is 10.1. The molecule has 0 aromatic rings. The lowest BCUT2D eigenvalue weighted by molar-refractivity contribution is 0.262. The summed E-state index contributed by atoms with van der Waals surface area (Å²) >= 11 is 0. The number of hydrogen-bond acceptors (Lipinski definition) is 2. The molecule has 3 atom stereocenters. The van der Waals surface area contributed by atoms with Crippen molar-refractivity contribution in [2.45, 2.75) is 64.0 Å². The van der Waals surface area contributed by atoms with Gasteiger partial charge in [-0.1, -0.05) is 19.8 Å². The normalized spacial score (nSPS) is 39.7. The fourth-order valence-corrected chi connectivity index (χ4v) is 3.74. The largest absolute Gasteiger partial charge is 0.313 e. The van der Waals surface area contributed by atoms with Gasteiger partial charge in [-0.15, -0.1) is 0 Å². The highest BCUT2D eigenvalue weighted by Gasteiger charge is 2.34. The van der Waals surface area contributed by atoms with Gasteiger partial charge in [-0.25, -0.2) is 0 Å².